The summed E-state index contributed by atoms with van der Waals surface area (Å²) in [6, 6.07) is 6.78. The topological polar surface area (TPSA) is 35.9 Å². The van der Waals surface area contributed by atoms with E-state index < -0.39 is 0 Å². The molecule has 0 radical (unpaired) electrons. The minimum absolute atomic E-state index is 0.0887. The largest absolute Gasteiger partial charge is 0.394 e. The molecule has 0 saturated carbocycles. The van der Waals surface area contributed by atoms with Gasteiger partial charge in [-0.3, -0.25) is 9.80 Å². The molecule has 2 rings (SSSR count). The normalized spacial score (nSPS) is 17.8. The van der Waals surface area contributed by atoms with Crippen molar-refractivity contribution in [2.75, 3.05) is 52.5 Å². The van der Waals surface area contributed by atoms with Crippen molar-refractivity contribution < 1.29 is 14.2 Å². The average molecular weight is 296 g/mol. The molecule has 0 unspecified atom stereocenters. The van der Waals surface area contributed by atoms with Crippen LogP contribution in [0.15, 0.2) is 24.3 Å². The molecule has 0 atom stereocenters. The van der Waals surface area contributed by atoms with Gasteiger partial charge in [0.15, 0.2) is 0 Å². The van der Waals surface area contributed by atoms with E-state index in [4.69, 9.17) is 9.84 Å². The number of aliphatic hydroxyl groups excluding tert-OH is 1. The van der Waals surface area contributed by atoms with Gasteiger partial charge in [-0.25, -0.2) is 4.39 Å². The Morgan fingerprint density at radius 3 is 2.48 bits per heavy atom. The predicted molar refractivity (Wildman–Crippen MR) is 80.6 cm³/mol. The molecule has 1 N–H and O–H groups in total. The zero-order valence-corrected chi connectivity index (χ0v) is 12.5. The van der Waals surface area contributed by atoms with Crippen LogP contribution in [0, 0.1) is 5.82 Å². The van der Waals surface area contributed by atoms with E-state index in [-0.39, 0.29) is 12.4 Å². The van der Waals surface area contributed by atoms with Crippen molar-refractivity contribution in [3.05, 3.63) is 35.6 Å². The van der Waals surface area contributed by atoms with Crippen LogP contribution >= 0.6 is 0 Å². The van der Waals surface area contributed by atoms with Crippen molar-refractivity contribution in [1.29, 1.82) is 0 Å². The van der Waals surface area contributed by atoms with Crippen LogP contribution in [-0.2, 0) is 11.3 Å². The van der Waals surface area contributed by atoms with E-state index in [1.54, 1.807) is 0 Å². The highest BCUT2D eigenvalue weighted by Crippen LogP contribution is 2.10. The molecule has 0 aromatic heterocycles. The summed E-state index contributed by atoms with van der Waals surface area (Å²) < 4.78 is 18.2. The molecule has 1 fully saturated rings. The number of hydrogen-bond acceptors (Lipinski definition) is 4. The summed E-state index contributed by atoms with van der Waals surface area (Å²) in [5, 5.41) is 8.67. The first-order valence-electron chi connectivity index (χ1n) is 7.65. The molecule has 1 aliphatic heterocycles. The van der Waals surface area contributed by atoms with Gasteiger partial charge in [0.2, 0.25) is 0 Å². The van der Waals surface area contributed by atoms with Gasteiger partial charge < -0.3 is 9.84 Å². The summed E-state index contributed by atoms with van der Waals surface area (Å²) in [5.41, 5.74) is 1.16. The quantitative estimate of drug-likeness (QED) is 0.770. The van der Waals surface area contributed by atoms with Crippen LogP contribution in [0.2, 0.25) is 0 Å². The lowest BCUT2D eigenvalue weighted by molar-refractivity contribution is 0.0743. The second-order valence-electron chi connectivity index (χ2n) is 5.43. The number of benzene rings is 1. The van der Waals surface area contributed by atoms with Crippen LogP contribution in [0.25, 0.3) is 0 Å². The van der Waals surface area contributed by atoms with Crippen molar-refractivity contribution in [3.8, 4) is 0 Å². The van der Waals surface area contributed by atoms with Gasteiger partial charge in [0.25, 0.3) is 0 Å². The molecule has 118 valence electrons. The standard InChI is InChI=1S/C16H25FN2O2/c17-16-4-2-15(3-5-16)14-19-7-1-6-18(8-9-19)10-12-21-13-11-20/h2-5,20H,1,6-14H2. The zero-order chi connectivity index (χ0) is 14.9. The van der Waals surface area contributed by atoms with Gasteiger partial charge in [0.1, 0.15) is 5.82 Å². The molecule has 1 aromatic rings. The molecule has 0 aliphatic carbocycles. The van der Waals surface area contributed by atoms with E-state index in [9.17, 15) is 4.39 Å². The lowest BCUT2D eigenvalue weighted by Crippen LogP contribution is -2.32. The highest BCUT2D eigenvalue weighted by Gasteiger charge is 2.14. The van der Waals surface area contributed by atoms with Crippen LogP contribution in [-0.4, -0.2) is 67.5 Å². The Labute approximate surface area is 126 Å². The summed E-state index contributed by atoms with van der Waals surface area (Å²) in [7, 11) is 0. The van der Waals surface area contributed by atoms with E-state index in [1.165, 1.54) is 12.1 Å². The fourth-order valence-electron chi connectivity index (χ4n) is 2.61. The SMILES string of the molecule is OCCOCCN1CCCN(Cc2ccc(F)cc2)CC1. The van der Waals surface area contributed by atoms with Gasteiger partial charge >= 0.3 is 0 Å². The van der Waals surface area contributed by atoms with E-state index >= 15 is 0 Å². The summed E-state index contributed by atoms with van der Waals surface area (Å²) in [4.78, 5) is 4.82. The molecule has 4 nitrogen and oxygen atoms in total. The number of ether oxygens (including phenoxy) is 1. The van der Waals surface area contributed by atoms with Crippen LogP contribution in [0.4, 0.5) is 4.39 Å². The van der Waals surface area contributed by atoms with Gasteiger partial charge in [-0.2, -0.15) is 0 Å². The van der Waals surface area contributed by atoms with Gasteiger partial charge in [0.05, 0.1) is 19.8 Å². The molecular formula is C16H25FN2O2. The Hall–Kier alpha value is -1.01. The third-order valence-corrected chi connectivity index (χ3v) is 3.79. The van der Waals surface area contributed by atoms with Crippen LogP contribution < -0.4 is 0 Å². The highest BCUT2D eigenvalue weighted by molar-refractivity contribution is 5.15. The van der Waals surface area contributed by atoms with Crippen molar-refractivity contribution in [2.24, 2.45) is 0 Å². The van der Waals surface area contributed by atoms with Gasteiger partial charge in [0, 0.05) is 26.2 Å². The lowest BCUT2D eigenvalue weighted by Gasteiger charge is -2.21. The predicted octanol–water partition coefficient (Wildman–Crippen LogP) is 1.34. The highest BCUT2D eigenvalue weighted by atomic mass is 19.1. The van der Waals surface area contributed by atoms with Gasteiger partial charge in [-0.05, 0) is 37.2 Å². The second-order valence-corrected chi connectivity index (χ2v) is 5.43. The van der Waals surface area contributed by atoms with Crippen molar-refractivity contribution in [2.45, 2.75) is 13.0 Å². The Morgan fingerprint density at radius 1 is 1.00 bits per heavy atom. The molecular weight excluding hydrogens is 271 g/mol. The fraction of sp³-hybridized carbons (Fsp3) is 0.625. The third kappa shape index (κ3) is 6.09. The van der Waals surface area contributed by atoms with Crippen molar-refractivity contribution in [3.63, 3.8) is 0 Å². The van der Waals surface area contributed by atoms with Crippen molar-refractivity contribution in [1.82, 2.24) is 9.80 Å². The molecule has 1 aliphatic rings. The van der Waals surface area contributed by atoms with E-state index in [0.717, 1.165) is 51.3 Å². The molecule has 21 heavy (non-hydrogen) atoms. The van der Waals surface area contributed by atoms with Crippen LogP contribution in [0.3, 0.4) is 0 Å². The number of nitrogens with zero attached hydrogens (tertiary/aromatic N) is 2. The monoisotopic (exact) mass is 296 g/mol. The lowest BCUT2D eigenvalue weighted by atomic mass is 10.2. The van der Waals surface area contributed by atoms with Crippen LogP contribution in [0.5, 0.6) is 0 Å². The Kier molecular flexibility index (Phi) is 7.09. The number of halogens is 1. The zero-order valence-electron chi connectivity index (χ0n) is 12.5. The van der Waals surface area contributed by atoms with Gasteiger partial charge in [-0.15, -0.1) is 0 Å². The van der Waals surface area contributed by atoms with E-state index in [2.05, 4.69) is 9.80 Å². The summed E-state index contributed by atoms with van der Waals surface area (Å²) in [5.74, 6) is -0.177. The molecule has 5 heteroatoms. The molecule has 1 aromatic carbocycles. The van der Waals surface area contributed by atoms with Crippen molar-refractivity contribution >= 4 is 0 Å². The molecule has 1 saturated heterocycles. The Balaban J connectivity index is 1.71. The maximum absolute atomic E-state index is 12.9. The molecule has 1 heterocycles. The summed E-state index contributed by atoms with van der Waals surface area (Å²) in [6.07, 6.45) is 1.14. The minimum Gasteiger partial charge on any atom is -0.394 e. The fourth-order valence-corrected chi connectivity index (χ4v) is 2.61. The first-order valence-corrected chi connectivity index (χ1v) is 7.65. The molecule has 0 bridgehead atoms. The second kappa shape index (κ2) is 9.10. The summed E-state index contributed by atoms with van der Waals surface area (Å²) in [6.45, 7) is 7.21. The number of hydrogen-bond donors (Lipinski definition) is 1. The first kappa shape index (κ1) is 16.4. The van der Waals surface area contributed by atoms with E-state index in [1.807, 2.05) is 12.1 Å². The van der Waals surface area contributed by atoms with Crippen LogP contribution in [0.1, 0.15) is 12.0 Å². The Bertz CT molecular complexity index is 400. The average Bonchev–Trinajstić information content (AvgIpc) is 2.72. The Morgan fingerprint density at radius 2 is 1.71 bits per heavy atom. The minimum atomic E-state index is -0.177. The van der Waals surface area contributed by atoms with Gasteiger partial charge in [-0.1, -0.05) is 12.1 Å². The third-order valence-electron chi connectivity index (χ3n) is 3.79. The number of aliphatic hydroxyl groups is 1. The maximum Gasteiger partial charge on any atom is 0.123 e. The summed E-state index contributed by atoms with van der Waals surface area (Å²) >= 11 is 0. The smallest absolute Gasteiger partial charge is 0.123 e. The first-order chi connectivity index (χ1) is 10.3. The molecule has 0 amide bonds. The molecule has 0 spiro atoms. The van der Waals surface area contributed by atoms with E-state index in [0.29, 0.717) is 13.2 Å². The maximum atomic E-state index is 12.9. The number of rotatable bonds is 7.